The highest BCUT2D eigenvalue weighted by atomic mass is 35.5. The smallest absolute Gasteiger partial charge is 0.230 e. The lowest BCUT2D eigenvalue weighted by atomic mass is 10.0. The van der Waals surface area contributed by atoms with Crippen LogP contribution in [0, 0.1) is 11.7 Å². The first-order valence-electron chi connectivity index (χ1n) is 9.55. The zero-order chi connectivity index (χ0) is 17.9. The van der Waals surface area contributed by atoms with Crippen LogP contribution in [0.15, 0.2) is 54.6 Å². The minimum Gasteiger partial charge on any atom is -0.309 e. The Labute approximate surface area is 166 Å². The average Bonchev–Trinajstić information content (AvgIpc) is 3.51. The van der Waals surface area contributed by atoms with Gasteiger partial charge in [-0.1, -0.05) is 30.3 Å². The molecule has 0 N–H and O–H groups in total. The molecule has 2 aromatic carbocycles. The van der Waals surface area contributed by atoms with E-state index in [0.717, 1.165) is 51.0 Å². The third-order valence-electron chi connectivity index (χ3n) is 5.44. The maximum atomic E-state index is 13.3. The lowest BCUT2D eigenvalue weighted by molar-refractivity contribution is -0.120. The van der Waals surface area contributed by atoms with Crippen LogP contribution in [0.4, 0.5) is 10.1 Å². The van der Waals surface area contributed by atoms with Gasteiger partial charge in [-0.3, -0.25) is 9.69 Å². The molecule has 2 aromatic rings. The van der Waals surface area contributed by atoms with Gasteiger partial charge in [-0.25, -0.2) is 4.39 Å². The van der Waals surface area contributed by atoms with Crippen LogP contribution in [0.25, 0.3) is 0 Å². The van der Waals surface area contributed by atoms with Crippen molar-refractivity contribution in [3.63, 3.8) is 0 Å². The van der Waals surface area contributed by atoms with E-state index < -0.39 is 0 Å². The van der Waals surface area contributed by atoms with Gasteiger partial charge >= 0.3 is 0 Å². The van der Waals surface area contributed by atoms with Crippen molar-refractivity contribution in [3.8, 4) is 0 Å². The van der Waals surface area contributed by atoms with Crippen molar-refractivity contribution >= 4 is 24.0 Å². The van der Waals surface area contributed by atoms with Gasteiger partial charge in [0.05, 0.1) is 0 Å². The summed E-state index contributed by atoms with van der Waals surface area (Å²) in [5, 5.41) is 0. The minimum absolute atomic E-state index is 0. The van der Waals surface area contributed by atoms with Crippen molar-refractivity contribution < 1.29 is 9.18 Å². The molecule has 2 fully saturated rings. The number of piperidine rings is 1. The first-order valence-corrected chi connectivity index (χ1v) is 9.55. The molecule has 1 saturated heterocycles. The quantitative estimate of drug-likeness (QED) is 0.744. The van der Waals surface area contributed by atoms with Gasteiger partial charge in [0, 0.05) is 37.3 Å². The third kappa shape index (κ3) is 4.88. The van der Waals surface area contributed by atoms with Gasteiger partial charge in [-0.15, -0.1) is 12.4 Å². The SMILES string of the molecule is Cl.O=C(C1CC1)N(c1ccc(F)cc1)C1CCN(Cc2ccccc2)CC1. The molecule has 0 aromatic heterocycles. The number of benzene rings is 2. The van der Waals surface area contributed by atoms with E-state index in [9.17, 15) is 9.18 Å². The molecule has 1 aliphatic carbocycles. The highest BCUT2D eigenvalue weighted by Gasteiger charge is 2.38. The molecule has 1 saturated carbocycles. The summed E-state index contributed by atoms with van der Waals surface area (Å²) in [5.74, 6) is 0.130. The zero-order valence-electron chi connectivity index (χ0n) is 15.4. The molecule has 5 heteroatoms. The normalized spacial score (nSPS) is 18.0. The fraction of sp³-hybridized carbons (Fsp3) is 0.409. The Kier molecular flexibility index (Phi) is 6.51. The van der Waals surface area contributed by atoms with Gasteiger partial charge in [0.1, 0.15) is 5.82 Å². The molecule has 27 heavy (non-hydrogen) atoms. The molecule has 0 bridgehead atoms. The van der Waals surface area contributed by atoms with Crippen molar-refractivity contribution in [2.45, 2.75) is 38.3 Å². The summed E-state index contributed by atoms with van der Waals surface area (Å²) in [6, 6.07) is 17.1. The number of halogens is 2. The second kappa shape index (κ2) is 8.85. The molecule has 4 rings (SSSR count). The summed E-state index contributed by atoms with van der Waals surface area (Å²) < 4.78 is 13.3. The van der Waals surface area contributed by atoms with Crippen molar-refractivity contribution in [2.24, 2.45) is 5.92 Å². The summed E-state index contributed by atoms with van der Waals surface area (Å²) in [6.07, 6.45) is 3.90. The van der Waals surface area contributed by atoms with E-state index in [2.05, 4.69) is 29.2 Å². The van der Waals surface area contributed by atoms with Crippen LogP contribution in [-0.4, -0.2) is 29.9 Å². The van der Waals surface area contributed by atoms with Gasteiger partial charge in [0.15, 0.2) is 0 Å². The van der Waals surface area contributed by atoms with Crippen LogP contribution in [0.5, 0.6) is 0 Å². The van der Waals surface area contributed by atoms with Crippen LogP contribution in [0.1, 0.15) is 31.2 Å². The Bertz CT molecular complexity index is 741. The topological polar surface area (TPSA) is 23.6 Å². The number of hydrogen-bond acceptors (Lipinski definition) is 2. The van der Waals surface area contributed by atoms with Gasteiger partial charge in [0.2, 0.25) is 5.91 Å². The summed E-state index contributed by atoms with van der Waals surface area (Å²) in [5.41, 5.74) is 2.17. The standard InChI is InChI=1S/C22H25FN2O.ClH/c23-19-8-10-20(11-9-19)25(22(26)18-6-7-18)21-12-14-24(15-13-21)16-17-4-2-1-3-5-17;/h1-5,8-11,18,21H,6-7,12-16H2;1H. The molecule has 0 unspecified atom stereocenters. The Morgan fingerprint density at radius 3 is 2.19 bits per heavy atom. The number of likely N-dealkylation sites (tertiary alicyclic amines) is 1. The first-order chi connectivity index (χ1) is 12.7. The highest BCUT2D eigenvalue weighted by molar-refractivity contribution is 5.97. The van der Waals surface area contributed by atoms with Crippen molar-refractivity contribution in [1.82, 2.24) is 4.90 Å². The molecular formula is C22H26ClFN2O. The van der Waals surface area contributed by atoms with Gasteiger partial charge in [-0.05, 0) is 55.5 Å². The number of rotatable bonds is 5. The number of amides is 1. The van der Waals surface area contributed by atoms with Crippen LogP contribution in [-0.2, 0) is 11.3 Å². The lowest BCUT2D eigenvalue weighted by Crippen LogP contribution is -2.48. The number of nitrogens with zero attached hydrogens (tertiary/aromatic N) is 2. The predicted molar refractivity (Wildman–Crippen MR) is 109 cm³/mol. The maximum Gasteiger partial charge on any atom is 0.230 e. The fourth-order valence-corrected chi connectivity index (χ4v) is 3.82. The second-order valence-corrected chi connectivity index (χ2v) is 7.45. The monoisotopic (exact) mass is 388 g/mol. The number of carbonyl (C=O) groups is 1. The molecule has 1 amide bonds. The van der Waals surface area contributed by atoms with E-state index >= 15 is 0 Å². The lowest BCUT2D eigenvalue weighted by Gasteiger charge is -2.39. The van der Waals surface area contributed by atoms with E-state index in [1.54, 1.807) is 12.1 Å². The first kappa shape index (κ1) is 19.8. The highest BCUT2D eigenvalue weighted by Crippen LogP contribution is 2.35. The maximum absolute atomic E-state index is 13.3. The minimum atomic E-state index is -0.259. The van der Waals surface area contributed by atoms with E-state index in [-0.39, 0.29) is 36.1 Å². The van der Waals surface area contributed by atoms with Crippen LogP contribution in [0.2, 0.25) is 0 Å². The van der Waals surface area contributed by atoms with E-state index in [4.69, 9.17) is 0 Å². The summed E-state index contributed by atoms with van der Waals surface area (Å²) >= 11 is 0. The summed E-state index contributed by atoms with van der Waals surface area (Å²) in [6.45, 7) is 2.92. The fourth-order valence-electron chi connectivity index (χ4n) is 3.82. The Morgan fingerprint density at radius 2 is 1.59 bits per heavy atom. The second-order valence-electron chi connectivity index (χ2n) is 7.45. The Hall–Kier alpha value is -1.91. The summed E-state index contributed by atoms with van der Waals surface area (Å²) in [7, 11) is 0. The largest absolute Gasteiger partial charge is 0.309 e. The third-order valence-corrected chi connectivity index (χ3v) is 5.44. The average molecular weight is 389 g/mol. The van der Waals surface area contributed by atoms with Gasteiger partial charge in [0.25, 0.3) is 0 Å². The molecule has 0 atom stereocenters. The molecule has 1 aliphatic heterocycles. The van der Waals surface area contributed by atoms with Crippen molar-refractivity contribution in [2.75, 3.05) is 18.0 Å². The van der Waals surface area contributed by atoms with Crippen molar-refractivity contribution in [3.05, 3.63) is 66.0 Å². The molecular weight excluding hydrogens is 363 g/mol. The van der Waals surface area contributed by atoms with E-state index in [1.165, 1.54) is 17.7 Å². The Balaban J connectivity index is 0.00000210. The molecule has 0 spiro atoms. The molecule has 3 nitrogen and oxygen atoms in total. The van der Waals surface area contributed by atoms with Crippen LogP contribution in [0.3, 0.4) is 0 Å². The van der Waals surface area contributed by atoms with Gasteiger partial charge < -0.3 is 4.90 Å². The van der Waals surface area contributed by atoms with Gasteiger partial charge in [-0.2, -0.15) is 0 Å². The Morgan fingerprint density at radius 1 is 0.963 bits per heavy atom. The van der Waals surface area contributed by atoms with Crippen LogP contribution >= 0.6 is 12.4 Å². The van der Waals surface area contributed by atoms with E-state index in [0.29, 0.717) is 0 Å². The molecule has 2 aliphatic rings. The molecule has 144 valence electrons. The number of carbonyl (C=O) groups excluding carboxylic acids is 1. The number of anilines is 1. The number of hydrogen-bond donors (Lipinski definition) is 0. The zero-order valence-corrected chi connectivity index (χ0v) is 16.2. The van der Waals surface area contributed by atoms with Crippen molar-refractivity contribution in [1.29, 1.82) is 0 Å². The summed E-state index contributed by atoms with van der Waals surface area (Å²) in [4.78, 5) is 17.3. The predicted octanol–water partition coefficient (Wildman–Crippen LogP) is 4.66. The molecule has 1 heterocycles. The molecule has 0 radical (unpaired) electrons. The van der Waals surface area contributed by atoms with E-state index in [1.807, 2.05) is 11.0 Å². The van der Waals surface area contributed by atoms with Crippen LogP contribution < -0.4 is 4.90 Å².